The Labute approximate surface area is 128 Å². The molecule has 0 bridgehead atoms. The van der Waals surface area contributed by atoms with Crippen LogP contribution in [0.3, 0.4) is 0 Å². The molecule has 1 unspecified atom stereocenters. The Morgan fingerprint density at radius 1 is 1.62 bits per heavy atom. The normalized spacial score (nSPS) is 24.9. The summed E-state index contributed by atoms with van der Waals surface area (Å²) in [7, 11) is 0. The van der Waals surface area contributed by atoms with E-state index in [9.17, 15) is 14.7 Å². The first-order valence-electron chi connectivity index (χ1n) is 6.16. The quantitative estimate of drug-likeness (QED) is 0.512. The van der Waals surface area contributed by atoms with Crippen LogP contribution in [-0.2, 0) is 9.59 Å². The predicted molar refractivity (Wildman–Crippen MR) is 77.6 cm³/mol. The summed E-state index contributed by atoms with van der Waals surface area (Å²) in [6.45, 7) is 1.79. The van der Waals surface area contributed by atoms with Crippen molar-refractivity contribution >= 4 is 35.4 Å². The minimum Gasteiger partial charge on any atom is -0.477 e. The highest BCUT2D eigenvalue weighted by atomic mass is 32.2. The minimum absolute atomic E-state index is 0.0641. The maximum absolute atomic E-state index is 11.8. The van der Waals surface area contributed by atoms with Crippen molar-refractivity contribution in [3.05, 3.63) is 17.1 Å². The lowest BCUT2D eigenvalue weighted by molar-refractivity contribution is -0.147. The van der Waals surface area contributed by atoms with Crippen molar-refractivity contribution in [3.63, 3.8) is 0 Å². The van der Waals surface area contributed by atoms with E-state index in [1.54, 1.807) is 6.92 Å². The number of carbonyl (C=O) groups excluding carboxylic acids is 1. The van der Waals surface area contributed by atoms with Crippen LogP contribution in [0.1, 0.15) is 5.82 Å². The molecule has 0 aromatic carbocycles. The minimum atomic E-state index is -1.09. The highest BCUT2D eigenvalue weighted by molar-refractivity contribution is 8.01. The number of hydrogen-bond acceptors (Lipinski definition) is 7. The second kappa shape index (κ2) is 5.35. The lowest BCUT2D eigenvalue weighted by Gasteiger charge is -2.48. The number of nitrogens with zero attached hydrogens (tertiary/aromatic N) is 3. The van der Waals surface area contributed by atoms with E-state index in [0.717, 1.165) is 0 Å². The van der Waals surface area contributed by atoms with Gasteiger partial charge in [0.05, 0.1) is 0 Å². The molecule has 1 saturated heterocycles. The molecule has 10 heteroatoms. The summed E-state index contributed by atoms with van der Waals surface area (Å²) < 4.78 is 0. The Bertz CT molecular complexity index is 644. The lowest BCUT2D eigenvalue weighted by Crippen LogP contribution is -2.68. The molecule has 2 aliphatic heterocycles. The van der Waals surface area contributed by atoms with Crippen LogP contribution in [0.5, 0.6) is 0 Å². The number of β-lactam (4-membered cyclic amide) rings is 1. The third kappa shape index (κ3) is 2.43. The summed E-state index contributed by atoms with van der Waals surface area (Å²) in [6, 6.07) is -0.601. The molecule has 0 radical (unpaired) electrons. The molecule has 1 amide bonds. The van der Waals surface area contributed by atoms with Crippen molar-refractivity contribution in [1.82, 2.24) is 20.1 Å². The number of nitrogens with one attached hydrogen (secondary N) is 1. The van der Waals surface area contributed by atoms with Crippen LogP contribution in [0.4, 0.5) is 0 Å². The summed E-state index contributed by atoms with van der Waals surface area (Å²) >= 11 is 2.86. The largest absolute Gasteiger partial charge is 0.477 e. The van der Waals surface area contributed by atoms with Gasteiger partial charge in [-0.05, 0) is 12.5 Å². The van der Waals surface area contributed by atoms with Crippen molar-refractivity contribution in [2.45, 2.75) is 23.5 Å². The number of aromatic amines is 1. The summed E-state index contributed by atoms with van der Waals surface area (Å²) in [5.74, 6) is 0.262. The molecule has 3 heterocycles. The van der Waals surface area contributed by atoms with E-state index in [-0.39, 0.29) is 17.0 Å². The van der Waals surface area contributed by atoms with Gasteiger partial charge in [-0.1, -0.05) is 11.8 Å². The summed E-state index contributed by atoms with van der Waals surface area (Å²) in [5, 5.41) is 17.5. The second-order valence-corrected chi connectivity index (χ2v) is 6.77. The number of fused-ring (bicyclic) bond motifs is 1. The number of carboxylic acids is 1. The summed E-state index contributed by atoms with van der Waals surface area (Å²) in [4.78, 5) is 27.5. The van der Waals surface area contributed by atoms with Gasteiger partial charge in [0.15, 0.2) is 5.16 Å². The van der Waals surface area contributed by atoms with Crippen molar-refractivity contribution in [3.8, 4) is 0 Å². The predicted octanol–water partition coefficient (Wildman–Crippen LogP) is -0.214. The molecule has 0 spiro atoms. The van der Waals surface area contributed by atoms with E-state index in [1.807, 2.05) is 0 Å². The number of nitrogens with two attached hydrogens (primary N) is 1. The topological polar surface area (TPSA) is 125 Å². The van der Waals surface area contributed by atoms with Crippen LogP contribution in [0.2, 0.25) is 0 Å². The number of amides is 1. The molecule has 112 valence electrons. The van der Waals surface area contributed by atoms with Crippen LogP contribution in [0, 0.1) is 6.92 Å². The number of H-pyrrole nitrogens is 1. The first-order chi connectivity index (χ1) is 9.99. The molecular formula is C11H13N5O3S2. The highest BCUT2D eigenvalue weighted by Gasteiger charge is 2.51. The Hall–Kier alpha value is -1.52. The van der Waals surface area contributed by atoms with E-state index in [4.69, 9.17) is 5.73 Å². The molecule has 0 aliphatic carbocycles. The molecule has 8 nitrogen and oxygen atoms in total. The fraction of sp³-hybridized carbons (Fsp3) is 0.455. The van der Waals surface area contributed by atoms with E-state index in [0.29, 0.717) is 28.1 Å². The number of aromatic nitrogens is 3. The van der Waals surface area contributed by atoms with Gasteiger partial charge in [0, 0.05) is 11.5 Å². The smallest absolute Gasteiger partial charge is 0.352 e. The number of rotatable bonds is 4. The van der Waals surface area contributed by atoms with Gasteiger partial charge in [0.2, 0.25) is 5.91 Å². The maximum Gasteiger partial charge on any atom is 0.352 e. The number of thioether (sulfide) groups is 2. The van der Waals surface area contributed by atoms with Crippen LogP contribution >= 0.6 is 23.5 Å². The molecule has 1 fully saturated rings. The fourth-order valence-electron chi connectivity index (χ4n) is 2.24. The van der Waals surface area contributed by atoms with E-state index >= 15 is 0 Å². The Kier molecular flexibility index (Phi) is 3.68. The van der Waals surface area contributed by atoms with Gasteiger partial charge in [0.1, 0.15) is 22.9 Å². The second-order valence-electron chi connectivity index (χ2n) is 4.70. The van der Waals surface area contributed by atoms with Gasteiger partial charge in [-0.25, -0.2) is 4.79 Å². The number of aliphatic carboxylic acids is 1. The lowest BCUT2D eigenvalue weighted by atomic mass is 10.0. The third-order valence-corrected chi connectivity index (χ3v) is 5.56. The SMILES string of the molecule is Cc1nnc(SCC2=C(C(=O)O)N3C(=O)C(N)[C@H]3SC2)[nH]1. The van der Waals surface area contributed by atoms with Gasteiger partial charge < -0.3 is 15.8 Å². The Morgan fingerprint density at radius 3 is 3.00 bits per heavy atom. The van der Waals surface area contributed by atoms with E-state index in [2.05, 4.69) is 15.2 Å². The average molecular weight is 327 g/mol. The first-order valence-corrected chi connectivity index (χ1v) is 8.20. The molecular weight excluding hydrogens is 314 g/mol. The van der Waals surface area contributed by atoms with Crippen molar-refractivity contribution < 1.29 is 14.7 Å². The zero-order valence-corrected chi connectivity index (χ0v) is 12.7. The van der Waals surface area contributed by atoms with Gasteiger partial charge in [-0.2, -0.15) is 0 Å². The summed E-state index contributed by atoms with van der Waals surface area (Å²) in [6.07, 6.45) is 0. The van der Waals surface area contributed by atoms with Crippen molar-refractivity contribution in [1.29, 1.82) is 0 Å². The zero-order valence-electron chi connectivity index (χ0n) is 11.1. The molecule has 1 aromatic heterocycles. The number of carbonyl (C=O) groups is 2. The van der Waals surface area contributed by atoms with Crippen LogP contribution < -0.4 is 5.73 Å². The van der Waals surface area contributed by atoms with Crippen molar-refractivity contribution in [2.24, 2.45) is 5.73 Å². The monoisotopic (exact) mass is 327 g/mol. The fourth-order valence-corrected chi connectivity index (χ4v) is 4.53. The van der Waals surface area contributed by atoms with Crippen LogP contribution in [-0.4, -0.2) is 60.0 Å². The highest BCUT2D eigenvalue weighted by Crippen LogP contribution is 2.40. The number of carboxylic acid groups (broad SMARTS) is 1. The Morgan fingerprint density at radius 2 is 2.38 bits per heavy atom. The van der Waals surface area contributed by atoms with E-state index in [1.165, 1.54) is 28.4 Å². The number of aryl methyl sites for hydroxylation is 1. The molecule has 21 heavy (non-hydrogen) atoms. The molecule has 2 aliphatic rings. The standard InChI is InChI=1S/C11H13N5O3S2/c1-4-13-11(15-14-4)21-3-5-2-20-9-6(12)8(17)16(9)7(5)10(18)19/h6,9H,2-3,12H2,1H3,(H,18,19)(H,13,14,15)/t6?,9-/m1/s1. The molecule has 2 atom stereocenters. The van der Waals surface area contributed by atoms with E-state index < -0.39 is 12.0 Å². The maximum atomic E-state index is 11.8. The molecule has 3 rings (SSSR count). The average Bonchev–Trinajstić information content (AvgIpc) is 2.88. The summed E-state index contributed by atoms with van der Waals surface area (Å²) in [5.41, 5.74) is 6.46. The first kappa shape index (κ1) is 14.4. The van der Waals surface area contributed by atoms with Gasteiger partial charge in [-0.3, -0.25) is 9.69 Å². The molecule has 1 aromatic rings. The van der Waals surface area contributed by atoms with Gasteiger partial charge >= 0.3 is 5.97 Å². The molecule has 4 N–H and O–H groups in total. The molecule has 0 saturated carbocycles. The zero-order chi connectivity index (χ0) is 15.1. The van der Waals surface area contributed by atoms with Crippen molar-refractivity contribution in [2.75, 3.05) is 11.5 Å². The van der Waals surface area contributed by atoms with Gasteiger partial charge in [0.25, 0.3) is 0 Å². The Balaban J connectivity index is 1.81. The van der Waals surface area contributed by atoms with Crippen LogP contribution in [0.15, 0.2) is 16.4 Å². The third-order valence-electron chi connectivity index (χ3n) is 3.25. The van der Waals surface area contributed by atoms with Gasteiger partial charge in [-0.15, -0.1) is 22.0 Å². The number of hydrogen-bond donors (Lipinski definition) is 3. The van der Waals surface area contributed by atoms with Crippen LogP contribution in [0.25, 0.3) is 0 Å².